The lowest BCUT2D eigenvalue weighted by Gasteiger charge is -2.16. The number of hydrogen-bond acceptors (Lipinski definition) is 3. The first kappa shape index (κ1) is 17.2. The minimum Gasteiger partial charge on any atom is -0.325 e. The van der Waals surface area contributed by atoms with Crippen LogP contribution in [-0.2, 0) is 9.59 Å². The first-order valence-electron chi connectivity index (χ1n) is 7.84. The summed E-state index contributed by atoms with van der Waals surface area (Å²) in [7, 11) is 0. The van der Waals surface area contributed by atoms with Gasteiger partial charge in [-0.05, 0) is 55.7 Å². The number of nitriles is 1. The number of para-hydroxylation sites is 1. The lowest BCUT2D eigenvalue weighted by atomic mass is 10.0. The third-order valence-electron chi connectivity index (χ3n) is 4.33. The third-order valence-corrected chi connectivity index (χ3v) is 5.22. The fourth-order valence-corrected chi connectivity index (χ4v) is 2.83. The molecule has 0 spiro atoms. The van der Waals surface area contributed by atoms with Gasteiger partial charge < -0.3 is 10.6 Å². The predicted molar refractivity (Wildman–Crippen MR) is 99.0 cm³/mol. The highest BCUT2D eigenvalue weighted by atomic mass is 79.9. The summed E-state index contributed by atoms with van der Waals surface area (Å²) >= 11 is 3.42. The van der Waals surface area contributed by atoms with Crippen molar-refractivity contribution in [2.24, 2.45) is 5.41 Å². The summed E-state index contributed by atoms with van der Waals surface area (Å²) in [5.41, 5.74) is 1.38. The Morgan fingerprint density at radius 1 is 1.12 bits per heavy atom. The number of aryl methyl sites for hydroxylation is 1. The zero-order valence-electron chi connectivity index (χ0n) is 13.6. The summed E-state index contributed by atoms with van der Waals surface area (Å²) in [5.74, 6) is -0.692. The second kappa shape index (κ2) is 6.69. The van der Waals surface area contributed by atoms with Crippen LogP contribution in [0.1, 0.15) is 24.0 Å². The van der Waals surface area contributed by atoms with Gasteiger partial charge in [0.15, 0.2) is 0 Å². The Bertz CT molecular complexity index is 898. The van der Waals surface area contributed by atoms with Crippen LogP contribution < -0.4 is 10.6 Å². The molecule has 25 heavy (non-hydrogen) atoms. The molecule has 1 saturated carbocycles. The molecule has 0 unspecified atom stereocenters. The number of carbonyl (C=O) groups is 2. The molecule has 0 atom stereocenters. The molecule has 1 aliphatic rings. The van der Waals surface area contributed by atoms with Gasteiger partial charge in [0.25, 0.3) is 0 Å². The van der Waals surface area contributed by atoms with E-state index in [1.807, 2.05) is 25.1 Å². The highest BCUT2D eigenvalue weighted by molar-refractivity contribution is 9.10. The minimum atomic E-state index is -1.07. The molecule has 0 aromatic heterocycles. The van der Waals surface area contributed by atoms with Crippen LogP contribution in [-0.4, -0.2) is 11.8 Å². The fourth-order valence-electron chi connectivity index (χ4n) is 2.59. The summed E-state index contributed by atoms with van der Waals surface area (Å²) in [5, 5.41) is 14.7. The number of benzene rings is 2. The molecule has 0 radical (unpaired) electrons. The molecule has 126 valence electrons. The van der Waals surface area contributed by atoms with Crippen molar-refractivity contribution < 1.29 is 9.59 Å². The second-order valence-corrected chi connectivity index (χ2v) is 6.97. The van der Waals surface area contributed by atoms with Crippen LogP contribution in [0.15, 0.2) is 46.9 Å². The Balaban J connectivity index is 1.75. The molecule has 0 bridgehead atoms. The largest absolute Gasteiger partial charge is 0.325 e. The number of halogens is 1. The van der Waals surface area contributed by atoms with Crippen molar-refractivity contribution in [3.05, 3.63) is 58.1 Å². The average Bonchev–Trinajstić information content (AvgIpc) is 3.40. The number of rotatable bonds is 4. The Kier molecular flexibility index (Phi) is 4.60. The van der Waals surface area contributed by atoms with Gasteiger partial charge in [0, 0.05) is 10.2 Å². The van der Waals surface area contributed by atoms with Gasteiger partial charge >= 0.3 is 0 Å². The summed E-state index contributed by atoms with van der Waals surface area (Å²) < 4.78 is 0.956. The maximum absolute atomic E-state index is 12.6. The van der Waals surface area contributed by atoms with Crippen molar-refractivity contribution in [2.75, 3.05) is 10.6 Å². The zero-order chi connectivity index (χ0) is 18.0. The predicted octanol–water partition coefficient (Wildman–Crippen LogP) is 3.99. The molecule has 1 aliphatic carbocycles. The van der Waals surface area contributed by atoms with Gasteiger partial charge in [0.2, 0.25) is 11.8 Å². The van der Waals surface area contributed by atoms with E-state index in [9.17, 15) is 9.59 Å². The highest BCUT2D eigenvalue weighted by Gasteiger charge is 2.56. The minimum absolute atomic E-state index is 0.318. The monoisotopic (exact) mass is 397 g/mol. The van der Waals surface area contributed by atoms with E-state index >= 15 is 0 Å². The highest BCUT2D eigenvalue weighted by Crippen LogP contribution is 2.47. The Labute approximate surface area is 154 Å². The quantitative estimate of drug-likeness (QED) is 0.765. The van der Waals surface area contributed by atoms with Crippen molar-refractivity contribution in [3.8, 4) is 6.07 Å². The molecule has 2 N–H and O–H groups in total. The van der Waals surface area contributed by atoms with Crippen molar-refractivity contribution in [1.29, 1.82) is 5.26 Å². The van der Waals surface area contributed by atoms with E-state index in [0.717, 1.165) is 10.0 Å². The van der Waals surface area contributed by atoms with E-state index in [1.54, 1.807) is 30.3 Å². The smallest absolute Gasteiger partial charge is 0.240 e. The molecule has 2 aromatic carbocycles. The topological polar surface area (TPSA) is 82.0 Å². The van der Waals surface area contributed by atoms with Crippen LogP contribution in [0.5, 0.6) is 0 Å². The molecular formula is C19H16BrN3O2. The molecule has 5 nitrogen and oxygen atoms in total. The molecule has 6 heteroatoms. The van der Waals surface area contributed by atoms with Gasteiger partial charge in [0.1, 0.15) is 11.5 Å². The third kappa shape index (κ3) is 3.42. The average molecular weight is 398 g/mol. The van der Waals surface area contributed by atoms with Crippen LogP contribution in [0.4, 0.5) is 11.4 Å². The normalized spacial score (nSPS) is 14.3. The summed E-state index contributed by atoms with van der Waals surface area (Å²) in [6.45, 7) is 1.93. The van der Waals surface area contributed by atoms with Gasteiger partial charge in [-0.2, -0.15) is 5.26 Å². The standard InChI is InChI=1S/C19H16BrN3O2/c1-12-10-14(6-7-15(12)20)22-17(24)19(8-9-19)18(25)23-16-5-3-2-4-13(16)11-21/h2-7,10H,8-9H2,1H3,(H,22,24)(H,23,25). The van der Waals surface area contributed by atoms with Crippen LogP contribution >= 0.6 is 15.9 Å². The van der Waals surface area contributed by atoms with Crippen LogP contribution in [0.2, 0.25) is 0 Å². The number of carbonyl (C=O) groups excluding carboxylic acids is 2. The molecule has 0 heterocycles. The Hall–Kier alpha value is -2.65. The molecular weight excluding hydrogens is 382 g/mol. The summed E-state index contributed by atoms with van der Waals surface area (Å²) in [6, 6.07) is 14.3. The Morgan fingerprint density at radius 3 is 2.44 bits per heavy atom. The summed E-state index contributed by atoms with van der Waals surface area (Å²) in [6.07, 6.45) is 0.990. The van der Waals surface area contributed by atoms with Crippen molar-refractivity contribution >= 4 is 39.1 Å². The van der Waals surface area contributed by atoms with E-state index in [2.05, 4.69) is 26.6 Å². The van der Waals surface area contributed by atoms with Crippen molar-refractivity contribution in [2.45, 2.75) is 19.8 Å². The molecule has 2 amide bonds. The fraction of sp³-hybridized carbons (Fsp3) is 0.211. The van der Waals surface area contributed by atoms with Gasteiger partial charge in [-0.25, -0.2) is 0 Å². The lowest BCUT2D eigenvalue weighted by Crippen LogP contribution is -2.35. The summed E-state index contributed by atoms with van der Waals surface area (Å²) in [4.78, 5) is 25.3. The zero-order valence-corrected chi connectivity index (χ0v) is 15.2. The van der Waals surface area contributed by atoms with Crippen LogP contribution in [0.25, 0.3) is 0 Å². The molecule has 0 saturated heterocycles. The molecule has 3 rings (SSSR count). The lowest BCUT2D eigenvalue weighted by molar-refractivity contribution is -0.131. The number of hydrogen-bond donors (Lipinski definition) is 2. The number of nitrogens with one attached hydrogen (secondary N) is 2. The van der Waals surface area contributed by atoms with Gasteiger partial charge in [-0.15, -0.1) is 0 Å². The van der Waals surface area contributed by atoms with Gasteiger partial charge in [0.05, 0.1) is 11.3 Å². The van der Waals surface area contributed by atoms with Gasteiger partial charge in [-0.1, -0.05) is 28.1 Å². The van der Waals surface area contributed by atoms with E-state index in [4.69, 9.17) is 5.26 Å². The number of nitrogens with zero attached hydrogens (tertiary/aromatic N) is 1. The Morgan fingerprint density at radius 2 is 1.80 bits per heavy atom. The number of anilines is 2. The number of amides is 2. The SMILES string of the molecule is Cc1cc(NC(=O)C2(C(=O)Nc3ccccc3C#N)CC2)ccc1Br. The molecule has 2 aromatic rings. The van der Waals surface area contributed by atoms with E-state index in [0.29, 0.717) is 29.8 Å². The van der Waals surface area contributed by atoms with E-state index < -0.39 is 5.41 Å². The first-order chi connectivity index (χ1) is 12.0. The van der Waals surface area contributed by atoms with Crippen molar-refractivity contribution in [3.63, 3.8) is 0 Å². The maximum Gasteiger partial charge on any atom is 0.240 e. The van der Waals surface area contributed by atoms with Crippen LogP contribution in [0, 0.1) is 23.7 Å². The first-order valence-corrected chi connectivity index (χ1v) is 8.64. The van der Waals surface area contributed by atoms with Crippen LogP contribution in [0.3, 0.4) is 0 Å². The maximum atomic E-state index is 12.6. The second-order valence-electron chi connectivity index (χ2n) is 6.11. The van der Waals surface area contributed by atoms with Gasteiger partial charge in [-0.3, -0.25) is 9.59 Å². The molecule has 0 aliphatic heterocycles. The van der Waals surface area contributed by atoms with E-state index in [-0.39, 0.29) is 11.8 Å². The molecule has 1 fully saturated rings. The van der Waals surface area contributed by atoms with Crippen molar-refractivity contribution in [1.82, 2.24) is 0 Å². The van der Waals surface area contributed by atoms with E-state index in [1.165, 1.54) is 0 Å².